The first-order chi connectivity index (χ1) is 34.0. The molecule has 0 aromatic rings. The molecule has 1 aliphatic heterocycles. The molecule has 6 atom stereocenters. The molecule has 1 fully saturated rings. The zero-order valence-electron chi connectivity index (χ0n) is 45.2. The molecule has 0 amide bonds. The minimum absolute atomic E-state index is 0.173. The number of hydrogen-bond donors (Lipinski definition) is 4. The van der Waals surface area contributed by atoms with E-state index in [4.69, 9.17) is 18.9 Å². The summed E-state index contributed by atoms with van der Waals surface area (Å²) in [5.74, 6) is -1.95. The number of hydrogen-bond acceptors (Lipinski definition) is 11. The molecule has 1 rings (SSSR count). The third-order valence-corrected chi connectivity index (χ3v) is 14.9. The van der Waals surface area contributed by atoms with Crippen molar-refractivity contribution in [2.24, 2.45) is 0 Å². The Morgan fingerprint density at radius 2 is 0.729 bits per heavy atom. The maximum atomic E-state index is 12.9. The minimum Gasteiger partial charge on any atom is -0.462 e. The largest absolute Gasteiger partial charge is 0.462 e. The van der Waals surface area contributed by atoms with Crippen molar-refractivity contribution in [1.29, 1.82) is 0 Å². The molecular weight excluding hydrogens is 909 g/mol. The summed E-state index contributed by atoms with van der Waals surface area (Å²) in [4.78, 5) is 25.6. The van der Waals surface area contributed by atoms with E-state index in [2.05, 4.69) is 13.8 Å². The Kier molecular flexibility index (Phi) is 45.1. The average Bonchev–Trinajstić information content (AvgIpc) is 3.33. The monoisotopic (exact) mass is 1020 g/mol. The molecule has 12 nitrogen and oxygen atoms in total. The van der Waals surface area contributed by atoms with Crippen molar-refractivity contribution < 1.29 is 56.8 Å². The van der Waals surface area contributed by atoms with E-state index in [1.165, 1.54) is 218 Å². The van der Waals surface area contributed by atoms with Crippen LogP contribution in [0.25, 0.3) is 0 Å². The number of esters is 2. The van der Waals surface area contributed by atoms with Crippen molar-refractivity contribution >= 4 is 22.1 Å². The van der Waals surface area contributed by atoms with Crippen LogP contribution in [0.3, 0.4) is 0 Å². The van der Waals surface area contributed by atoms with Crippen LogP contribution in [-0.2, 0) is 38.7 Å². The van der Waals surface area contributed by atoms with Crippen LogP contribution < -0.4 is 0 Å². The lowest BCUT2D eigenvalue weighted by Gasteiger charge is -2.40. The van der Waals surface area contributed by atoms with Crippen molar-refractivity contribution in [3.05, 3.63) is 0 Å². The second-order valence-corrected chi connectivity index (χ2v) is 22.5. The predicted octanol–water partition coefficient (Wildman–Crippen LogP) is 14.4. The van der Waals surface area contributed by atoms with E-state index in [-0.39, 0.29) is 19.4 Å². The Morgan fingerprint density at radius 3 is 1.04 bits per heavy atom. The highest BCUT2D eigenvalue weighted by atomic mass is 32.2. The van der Waals surface area contributed by atoms with Gasteiger partial charge in [0.15, 0.2) is 12.4 Å². The van der Waals surface area contributed by atoms with Crippen LogP contribution in [0.2, 0.25) is 0 Å². The van der Waals surface area contributed by atoms with Crippen LogP contribution in [0.1, 0.15) is 296 Å². The zero-order chi connectivity index (χ0) is 51.2. The number of rotatable bonds is 52. The van der Waals surface area contributed by atoms with Gasteiger partial charge in [0.2, 0.25) is 0 Å². The van der Waals surface area contributed by atoms with Crippen molar-refractivity contribution in [3.8, 4) is 0 Å². The van der Waals surface area contributed by atoms with Crippen LogP contribution in [0, 0.1) is 0 Å². The highest BCUT2D eigenvalue weighted by molar-refractivity contribution is 7.85. The summed E-state index contributed by atoms with van der Waals surface area (Å²) in [5.41, 5.74) is 0. The number of aliphatic hydroxyl groups excluding tert-OH is 3. The van der Waals surface area contributed by atoms with Gasteiger partial charge in [-0.15, -0.1) is 0 Å². The Labute approximate surface area is 429 Å². The second-order valence-electron chi connectivity index (χ2n) is 21.0. The third kappa shape index (κ3) is 41.1. The smallest absolute Gasteiger partial charge is 0.306 e. The van der Waals surface area contributed by atoms with Gasteiger partial charge >= 0.3 is 11.9 Å². The summed E-state index contributed by atoms with van der Waals surface area (Å²) in [6, 6.07) is 0. The van der Waals surface area contributed by atoms with E-state index in [1.54, 1.807) is 0 Å². The summed E-state index contributed by atoms with van der Waals surface area (Å²) >= 11 is 0. The van der Waals surface area contributed by atoms with E-state index < -0.39 is 71.2 Å². The molecule has 0 aliphatic carbocycles. The maximum absolute atomic E-state index is 12.9. The molecule has 2 unspecified atom stereocenters. The van der Waals surface area contributed by atoms with Crippen molar-refractivity contribution in [3.63, 3.8) is 0 Å². The maximum Gasteiger partial charge on any atom is 0.306 e. The van der Waals surface area contributed by atoms with Gasteiger partial charge in [0.05, 0.1) is 6.61 Å². The minimum atomic E-state index is -4.60. The molecule has 0 aromatic heterocycles. The highest BCUT2D eigenvalue weighted by Gasteiger charge is 2.46. The number of ether oxygens (including phenoxy) is 4. The summed E-state index contributed by atoms with van der Waals surface area (Å²) in [7, 11) is -4.60. The standard InChI is InChI=1S/C57H110O12S/c1-3-5-7-9-11-13-15-17-19-21-23-25-27-29-31-33-35-37-39-41-43-45-52(58)66-47-50(48-67-57-56(62)55(61)54(60)51(69-57)49-70(63,64)65)68-53(59)46-44-42-40-38-36-34-32-30-28-26-24-22-20-18-16-14-12-10-8-6-4-2/h50-51,54-57,60-62H,3-49H2,1-2H3,(H,63,64,65)/t50-,51-,54-,55?,56?,57+/m1/s1. The Balaban J connectivity index is 2.28. The van der Waals surface area contributed by atoms with Crippen molar-refractivity contribution in [2.75, 3.05) is 19.0 Å². The Bertz CT molecular complexity index is 1280. The lowest BCUT2D eigenvalue weighted by atomic mass is 10.00. The van der Waals surface area contributed by atoms with E-state index in [0.717, 1.165) is 38.5 Å². The molecule has 0 bridgehead atoms. The summed E-state index contributed by atoms with van der Waals surface area (Å²) in [6.07, 6.45) is 44.3. The predicted molar refractivity (Wildman–Crippen MR) is 284 cm³/mol. The molecule has 0 spiro atoms. The van der Waals surface area contributed by atoms with Gasteiger partial charge in [-0.3, -0.25) is 14.1 Å². The van der Waals surface area contributed by atoms with E-state index in [1.807, 2.05) is 0 Å². The fourth-order valence-electron chi connectivity index (χ4n) is 9.62. The molecule has 70 heavy (non-hydrogen) atoms. The van der Waals surface area contributed by atoms with Gasteiger partial charge in [-0.25, -0.2) is 0 Å². The summed E-state index contributed by atoms with van der Waals surface area (Å²) < 4.78 is 54.4. The van der Waals surface area contributed by atoms with Gasteiger partial charge in [-0.2, -0.15) is 8.42 Å². The van der Waals surface area contributed by atoms with Crippen LogP contribution >= 0.6 is 0 Å². The first kappa shape index (κ1) is 66.7. The number of aliphatic hydroxyl groups is 3. The molecule has 4 N–H and O–H groups in total. The molecule has 0 radical (unpaired) electrons. The topological polar surface area (TPSA) is 186 Å². The van der Waals surface area contributed by atoms with Gasteiger partial charge < -0.3 is 34.3 Å². The lowest BCUT2D eigenvalue weighted by molar-refractivity contribution is -0.297. The SMILES string of the molecule is CCCCCCCCCCCCCCCCCCCCCCCC(=O)OC[C@H](CO[C@H]1O[C@H](CS(=O)(=O)O)[C@@H](O)C(O)C1O)OC(=O)CCCCCCCCCCCCCCCCCCCCCCC. The number of unbranched alkanes of at least 4 members (excludes halogenated alkanes) is 40. The number of carbonyl (C=O) groups excluding carboxylic acids is 2. The van der Waals surface area contributed by atoms with Gasteiger partial charge in [0.1, 0.15) is 36.8 Å². The highest BCUT2D eigenvalue weighted by Crippen LogP contribution is 2.24. The lowest BCUT2D eigenvalue weighted by Crippen LogP contribution is -2.60. The molecule has 1 heterocycles. The molecule has 0 aromatic carbocycles. The van der Waals surface area contributed by atoms with Crippen molar-refractivity contribution in [1.82, 2.24) is 0 Å². The van der Waals surface area contributed by atoms with Crippen LogP contribution in [-0.4, -0.2) is 96.0 Å². The summed E-state index contributed by atoms with van der Waals surface area (Å²) in [6.45, 7) is 3.84. The van der Waals surface area contributed by atoms with Gasteiger partial charge in [0.25, 0.3) is 10.1 Å². The Hall–Kier alpha value is -1.35. The fraction of sp³-hybridized carbons (Fsp3) is 0.965. The number of carbonyl (C=O) groups is 2. The second kappa shape index (κ2) is 47.4. The van der Waals surface area contributed by atoms with Crippen LogP contribution in [0.4, 0.5) is 0 Å². The van der Waals surface area contributed by atoms with E-state index >= 15 is 0 Å². The van der Waals surface area contributed by atoms with Crippen LogP contribution in [0.5, 0.6) is 0 Å². The first-order valence-electron chi connectivity index (χ1n) is 29.6. The van der Waals surface area contributed by atoms with E-state index in [9.17, 15) is 37.9 Å². The van der Waals surface area contributed by atoms with Gasteiger partial charge in [-0.1, -0.05) is 271 Å². The molecule has 416 valence electrons. The fourth-order valence-corrected chi connectivity index (χ4v) is 10.3. The van der Waals surface area contributed by atoms with Crippen LogP contribution in [0.15, 0.2) is 0 Å². The third-order valence-electron chi connectivity index (χ3n) is 14.2. The molecule has 0 saturated carbocycles. The molecule has 13 heteroatoms. The zero-order valence-corrected chi connectivity index (χ0v) is 46.0. The summed E-state index contributed by atoms with van der Waals surface area (Å²) in [5, 5.41) is 31.1. The normalized spacial score (nSPS) is 18.9. The van der Waals surface area contributed by atoms with Gasteiger partial charge in [-0.05, 0) is 12.8 Å². The molecule has 1 aliphatic rings. The average molecular weight is 1020 g/mol. The van der Waals surface area contributed by atoms with E-state index in [0.29, 0.717) is 12.8 Å². The Morgan fingerprint density at radius 1 is 0.429 bits per heavy atom. The first-order valence-corrected chi connectivity index (χ1v) is 31.2. The quantitative estimate of drug-likeness (QED) is 0.0257. The molecular formula is C57H110O12S. The molecule has 1 saturated heterocycles. The van der Waals surface area contributed by atoms with Gasteiger partial charge in [0, 0.05) is 12.8 Å². The van der Waals surface area contributed by atoms with Crippen molar-refractivity contribution in [2.45, 2.75) is 333 Å².